The predicted molar refractivity (Wildman–Crippen MR) is 86.4 cm³/mol. The van der Waals surface area contributed by atoms with Crippen LogP contribution in [0.25, 0.3) is 0 Å². The summed E-state index contributed by atoms with van der Waals surface area (Å²) in [7, 11) is 0. The molecule has 0 aliphatic carbocycles. The molecule has 2 saturated heterocycles. The number of carbonyl (C=O) groups excluding carboxylic acids is 1. The molecule has 4 nitrogen and oxygen atoms in total. The van der Waals surface area contributed by atoms with Crippen molar-refractivity contribution < 1.29 is 9.53 Å². The predicted octanol–water partition coefficient (Wildman–Crippen LogP) is 2.19. The van der Waals surface area contributed by atoms with Crippen molar-refractivity contribution in [2.45, 2.75) is 51.5 Å². The molecule has 2 aliphatic heterocycles. The van der Waals surface area contributed by atoms with Gasteiger partial charge in [-0.3, -0.25) is 9.69 Å². The summed E-state index contributed by atoms with van der Waals surface area (Å²) in [5.74, 6) is 0.550. The Morgan fingerprint density at radius 1 is 1.23 bits per heavy atom. The van der Waals surface area contributed by atoms with Crippen molar-refractivity contribution in [3.63, 3.8) is 0 Å². The summed E-state index contributed by atoms with van der Waals surface area (Å²) in [6.45, 7) is 7.15. The number of nitrogens with zero attached hydrogens (tertiary/aromatic N) is 1. The summed E-state index contributed by atoms with van der Waals surface area (Å²) in [4.78, 5) is 14.7. The van der Waals surface area contributed by atoms with Crippen LogP contribution < -0.4 is 5.32 Å². The van der Waals surface area contributed by atoms with Crippen LogP contribution in [0.2, 0.25) is 0 Å². The first kappa shape index (κ1) is 15.5. The van der Waals surface area contributed by atoms with E-state index < -0.39 is 0 Å². The van der Waals surface area contributed by atoms with E-state index >= 15 is 0 Å². The third-order valence-corrected chi connectivity index (χ3v) is 4.79. The first-order chi connectivity index (χ1) is 10.6. The fraction of sp³-hybridized carbons (Fsp3) is 0.611. The monoisotopic (exact) mass is 302 g/mol. The van der Waals surface area contributed by atoms with E-state index in [1.54, 1.807) is 0 Å². The second-order valence-electron chi connectivity index (χ2n) is 6.78. The third-order valence-electron chi connectivity index (χ3n) is 4.79. The molecule has 2 aliphatic rings. The molecular weight excluding hydrogens is 276 g/mol. The van der Waals surface area contributed by atoms with Crippen molar-refractivity contribution in [3.05, 3.63) is 35.9 Å². The number of hydrogen-bond acceptors (Lipinski definition) is 3. The molecule has 0 spiro atoms. The van der Waals surface area contributed by atoms with Gasteiger partial charge < -0.3 is 10.1 Å². The third kappa shape index (κ3) is 3.68. The van der Waals surface area contributed by atoms with Crippen LogP contribution in [0.4, 0.5) is 0 Å². The summed E-state index contributed by atoms with van der Waals surface area (Å²) in [6, 6.07) is 10.7. The first-order valence-corrected chi connectivity index (χ1v) is 8.34. The average molecular weight is 302 g/mol. The van der Waals surface area contributed by atoms with E-state index in [0.717, 1.165) is 32.5 Å². The fourth-order valence-corrected chi connectivity index (χ4v) is 3.50. The van der Waals surface area contributed by atoms with Crippen LogP contribution in [0.1, 0.15) is 32.3 Å². The topological polar surface area (TPSA) is 41.6 Å². The lowest BCUT2D eigenvalue weighted by atomic mass is 10.1. The van der Waals surface area contributed by atoms with Gasteiger partial charge in [-0.05, 0) is 31.2 Å². The van der Waals surface area contributed by atoms with Gasteiger partial charge in [-0.25, -0.2) is 0 Å². The smallest absolute Gasteiger partial charge is 0.249 e. The average Bonchev–Trinajstić information content (AvgIpc) is 3.07. The van der Waals surface area contributed by atoms with Gasteiger partial charge in [0.15, 0.2) is 0 Å². The largest absolute Gasteiger partial charge is 0.365 e. The summed E-state index contributed by atoms with van der Waals surface area (Å²) < 4.78 is 5.67. The Bertz CT molecular complexity index is 505. The molecule has 0 unspecified atom stereocenters. The molecule has 0 saturated carbocycles. The van der Waals surface area contributed by atoms with Gasteiger partial charge in [0.05, 0.1) is 6.10 Å². The van der Waals surface area contributed by atoms with Gasteiger partial charge in [0.1, 0.15) is 6.10 Å². The van der Waals surface area contributed by atoms with E-state index in [4.69, 9.17) is 4.74 Å². The number of benzene rings is 1. The van der Waals surface area contributed by atoms with Crippen molar-refractivity contribution in [1.82, 2.24) is 10.2 Å². The van der Waals surface area contributed by atoms with Gasteiger partial charge in [-0.15, -0.1) is 0 Å². The quantitative estimate of drug-likeness (QED) is 0.927. The second-order valence-corrected chi connectivity index (χ2v) is 6.78. The van der Waals surface area contributed by atoms with Gasteiger partial charge in [0.2, 0.25) is 5.91 Å². The number of amides is 1. The molecule has 1 N–H and O–H groups in total. The Hall–Kier alpha value is -1.39. The first-order valence-electron chi connectivity index (χ1n) is 8.34. The van der Waals surface area contributed by atoms with Crippen molar-refractivity contribution in [1.29, 1.82) is 0 Å². The number of ether oxygens (including phenoxy) is 1. The van der Waals surface area contributed by atoms with Gasteiger partial charge in [0.25, 0.3) is 0 Å². The van der Waals surface area contributed by atoms with E-state index in [1.807, 2.05) is 13.0 Å². The van der Waals surface area contributed by atoms with Gasteiger partial charge >= 0.3 is 0 Å². The Morgan fingerprint density at radius 2 is 2.00 bits per heavy atom. The standard InChI is InChI=1S/C18H26N2O2/c1-13-10-20(11-15-6-4-3-5-7-15)12-16(13)19-18(21)17-9-8-14(2)22-17/h3-7,13-14,16-17H,8-12H2,1-2H3,(H,19,21)/t13-,14+,16-,17+/m0/s1. The van der Waals surface area contributed by atoms with Crippen molar-refractivity contribution >= 4 is 5.91 Å². The maximum absolute atomic E-state index is 12.3. The Labute approximate surface area is 132 Å². The zero-order chi connectivity index (χ0) is 15.5. The zero-order valence-electron chi connectivity index (χ0n) is 13.5. The molecule has 22 heavy (non-hydrogen) atoms. The van der Waals surface area contributed by atoms with Gasteiger partial charge in [0, 0.05) is 25.7 Å². The highest BCUT2D eigenvalue weighted by Gasteiger charge is 2.34. The van der Waals surface area contributed by atoms with E-state index in [-0.39, 0.29) is 24.2 Å². The van der Waals surface area contributed by atoms with Crippen LogP contribution in [0, 0.1) is 5.92 Å². The number of likely N-dealkylation sites (tertiary alicyclic amines) is 1. The molecule has 0 aromatic heterocycles. The summed E-state index contributed by atoms with van der Waals surface area (Å²) >= 11 is 0. The lowest BCUT2D eigenvalue weighted by Gasteiger charge is -2.20. The molecule has 4 heteroatoms. The Balaban J connectivity index is 1.51. The summed E-state index contributed by atoms with van der Waals surface area (Å²) in [6.07, 6.45) is 1.80. The Kier molecular flexibility index (Phi) is 4.79. The molecule has 1 aromatic rings. The minimum Gasteiger partial charge on any atom is -0.365 e. The minimum absolute atomic E-state index is 0.0720. The number of hydrogen-bond donors (Lipinski definition) is 1. The molecule has 3 rings (SSSR count). The van der Waals surface area contributed by atoms with Crippen LogP contribution >= 0.6 is 0 Å². The van der Waals surface area contributed by atoms with Crippen LogP contribution in [-0.2, 0) is 16.1 Å². The maximum atomic E-state index is 12.3. The van der Waals surface area contributed by atoms with Crippen molar-refractivity contribution in [2.75, 3.05) is 13.1 Å². The highest BCUT2D eigenvalue weighted by Crippen LogP contribution is 2.22. The van der Waals surface area contributed by atoms with Crippen LogP contribution in [0.15, 0.2) is 30.3 Å². The zero-order valence-corrected chi connectivity index (χ0v) is 13.5. The SMILES string of the molecule is C[C@@H]1CC[C@H](C(=O)N[C@H]2CN(Cc3ccccc3)C[C@@H]2C)O1. The highest BCUT2D eigenvalue weighted by molar-refractivity contribution is 5.81. The molecule has 2 fully saturated rings. The van der Waals surface area contributed by atoms with Crippen LogP contribution in [0.3, 0.4) is 0 Å². The molecule has 1 aromatic carbocycles. The lowest BCUT2D eigenvalue weighted by molar-refractivity contribution is -0.132. The summed E-state index contributed by atoms with van der Waals surface area (Å²) in [5, 5.41) is 3.20. The van der Waals surface area contributed by atoms with Gasteiger partial charge in [-0.1, -0.05) is 37.3 Å². The molecular formula is C18H26N2O2. The Morgan fingerprint density at radius 3 is 2.68 bits per heavy atom. The second kappa shape index (κ2) is 6.80. The number of carbonyl (C=O) groups is 1. The normalized spacial score (nSPS) is 32.3. The van der Waals surface area contributed by atoms with Gasteiger partial charge in [-0.2, -0.15) is 0 Å². The number of rotatable bonds is 4. The molecule has 4 atom stereocenters. The van der Waals surface area contributed by atoms with E-state index in [2.05, 4.69) is 41.4 Å². The van der Waals surface area contributed by atoms with Crippen molar-refractivity contribution in [3.8, 4) is 0 Å². The van der Waals surface area contributed by atoms with E-state index in [1.165, 1.54) is 5.56 Å². The molecule has 2 heterocycles. The van der Waals surface area contributed by atoms with E-state index in [0.29, 0.717) is 5.92 Å². The molecule has 120 valence electrons. The van der Waals surface area contributed by atoms with Crippen molar-refractivity contribution in [2.24, 2.45) is 5.92 Å². The van der Waals surface area contributed by atoms with Crippen LogP contribution in [-0.4, -0.2) is 42.1 Å². The molecule has 0 radical (unpaired) electrons. The van der Waals surface area contributed by atoms with E-state index in [9.17, 15) is 4.79 Å². The molecule has 1 amide bonds. The fourth-order valence-electron chi connectivity index (χ4n) is 3.50. The summed E-state index contributed by atoms with van der Waals surface area (Å²) in [5.41, 5.74) is 1.33. The number of nitrogens with one attached hydrogen (secondary N) is 1. The maximum Gasteiger partial charge on any atom is 0.249 e. The lowest BCUT2D eigenvalue weighted by Crippen LogP contribution is -2.44. The van der Waals surface area contributed by atoms with Crippen LogP contribution in [0.5, 0.6) is 0 Å². The molecule has 0 bridgehead atoms. The minimum atomic E-state index is -0.245. The highest BCUT2D eigenvalue weighted by atomic mass is 16.5.